The Balaban J connectivity index is 1.55. The zero-order valence-electron chi connectivity index (χ0n) is 20.7. The van der Waals surface area contributed by atoms with Gasteiger partial charge in [-0.25, -0.2) is 0 Å². The predicted molar refractivity (Wildman–Crippen MR) is 152 cm³/mol. The normalized spacial score (nSPS) is 10.7. The third-order valence-electron chi connectivity index (χ3n) is 5.73. The average molecular weight is 513 g/mol. The van der Waals surface area contributed by atoms with Gasteiger partial charge in [0.1, 0.15) is 0 Å². The summed E-state index contributed by atoms with van der Waals surface area (Å²) in [6, 6.07) is 27.0. The van der Waals surface area contributed by atoms with Crippen molar-refractivity contribution in [3.63, 3.8) is 0 Å². The van der Waals surface area contributed by atoms with E-state index in [1.807, 2.05) is 113 Å². The van der Waals surface area contributed by atoms with Gasteiger partial charge in [-0.1, -0.05) is 81.2 Å². The van der Waals surface area contributed by atoms with Crippen molar-refractivity contribution in [1.82, 2.24) is 0 Å². The third-order valence-corrected chi connectivity index (χ3v) is 8.18. The van der Waals surface area contributed by atoms with Gasteiger partial charge in [-0.2, -0.15) is 0 Å². The predicted octanol–water partition coefficient (Wildman–Crippen LogP) is 8.22. The number of benzene rings is 4. The van der Waals surface area contributed by atoms with Gasteiger partial charge in [0.2, 0.25) is 0 Å². The van der Waals surface area contributed by atoms with Crippen LogP contribution < -0.4 is 10.6 Å². The first-order valence-corrected chi connectivity index (χ1v) is 13.8. The highest BCUT2D eigenvalue weighted by atomic mass is 33.1. The van der Waals surface area contributed by atoms with Gasteiger partial charge in [0.25, 0.3) is 11.8 Å². The van der Waals surface area contributed by atoms with E-state index < -0.39 is 0 Å². The molecular formula is C30H28N2O2S2. The molecule has 0 radical (unpaired) electrons. The molecule has 182 valence electrons. The summed E-state index contributed by atoms with van der Waals surface area (Å²) in [6.45, 7) is 7.92. The van der Waals surface area contributed by atoms with Gasteiger partial charge in [0.15, 0.2) is 0 Å². The van der Waals surface area contributed by atoms with E-state index in [0.717, 1.165) is 43.4 Å². The molecule has 4 rings (SSSR count). The lowest BCUT2D eigenvalue weighted by atomic mass is 10.1. The lowest BCUT2D eigenvalue weighted by molar-refractivity contribution is 0.101. The minimum atomic E-state index is -0.137. The van der Waals surface area contributed by atoms with Crippen molar-refractivity contribution in [2.45, 2.75) is 37.5 Å². The van der Waals surface area contributed by atoms with Crippen LogP contribution in [-0.4, -0.2) is 11.8 Å². The summed E-state index contributed by atoms with van der Waals surface area (Å²) in [5.74, 6) is -0.275. The summed E-state index contributed by atoms with van der Waals surface area (Å²) in [7, 11) is 3.11. The monoisotopic (exact) mass is 512 g/mol. The molecule has 0 saturated carbocycles. The highest BCUT2D eigenvalue weighted by Gasteiger charge is 2.16. The van der Waals surface area contributed by atoms with Gasteiger partial charge in [0, 0.05) is 20.9 Å². The Morgan fingerprint density at radius 3 is 1.33 bits per heavy atom. The van der Waals surface area contributed by atoms with Crippen LogP contribution in [0.4, 0.5) is 11.4 Å². The van der Waals surface area contributed by atoms with Crippen LogP contribution in [0, 0.1) is 27.7 Å². The second kappa shape index (κ2) is 11.5. The second-order valence-corrected chi connectivity index (χ2v) is 10.9. The maximum absolute atomic E-state index is 12.9. The molecule has 0 bridgehead atoms. The summed E-state index contributed by atoms with van der Waals surface area (Å²) in [5, 5.41) is 6.20. The Kier molecular flexibility index (Phi) is 8.18. The maximum atomic E-state index is 12.9. The number of hydrogen-bond acceptors (Lipinski definition) is 4. The molecule has 0 aliphatic heterocycles. The Hall–Kier alpha value is -3.48. The summed E-state index contributed by atoms with van der Waals surface area (Å²) < 4.78 is 0. The fourth-order valence-electron chi connectivity index (χ4n) is 3.77. The summed E-state index contributed by atoms with van der Waals surface area (Å²) >= 11 is 0. The number of anilines is 2. The van der Waals surface area contributed by atoms with Gasteiger partial charge >= 0.3 is 0 Å². The molecule has 4 aromatic carbocycles. The summed E-state index contributed by atoms with van der Waals surface area (Å²) in [6.07, 6.45) is 0. The molecule has 0 unspecified atom stereocenters. The van der Waals surface area contributed by atoms with Gasteiger partial charge in [-0.3, -0.25) is 9.59 Å². The van der Waals surface area contributed by atoms with Crippen LogP contribution in [0.1, 0.15) is 43.0 Å². The molecule has 0 spiro atoms. The number of carbonyl (C=O) groups is 2. The lowest BCUT2D eigenvalue weighted by Crippen LogP contribution is -2.14. The minimum Gasteiger partial charge on any atom is -0.321 e. The van der Waals surface area contributed by atoms with E-state index in [0.29, 0.717) is 11.1 Å². The number of nitrogens with one attached hydrogen (secondary N) is 2. The SMILES string of the molecule is Cc1cccc(C(=O)Nc2c(C)cccc2SSc2cccc(C)c2NC(=O)c2cccc(C)c2)c1. The largest absolute Gasteiger partial charge is 0.321 e. The van der Waals surface area contributed by atoms with E-state index >= 15 is 0 Å². The van der Waals surface area contributed by atoms with Crippen LogP contribution in [-0.2, 0) is 0 Å². The first-order chi connectivity index (χ1) is 17.3. The number of aryl methyl sites for hydroxylation is 4. The minimum absolute atomic E-state index is 0.137. The Morgan fingerprint density at radius 1 is 0.556 bits per heavy atom. The van der Waals surface area contributed by atoms with Crippen molar-refractivity contribution < 1.29 is 9.59 Å². The molecule has 0 aromatic heterocycles. The smallest absolute Gasteiger partial charge is 0.255 e. The fraction of sp³-hybridized carbons (Fsp3) is 0.133. The lowest BCUT2D eigenvalue weighted by Gasteiger charge is -2.16. The molecule has 4 aromatic rings. The zero-order valence-corrected chi connectivity index (χ0v) is 22.3. The third kappa shape index (κ3) is 6.20. The Bertz CT molecular complexity index is 1320. The molecule has 0 aliphatic carbocycles. The van der Waals surface area contributed by atoms with Crippen LogP contribution in [0.25, 0.3) is 0 Å². The van der Waals surface area contributed by atoms with Crippen molar-refractivity contribution >= 4 is 44.8 Å². The molecule has 0 saturated heterocycles. The number of hydrogen-bond donors (Lipinski definition) is 2. The van der Waals surface area contributed by atoms with E-state index in [9.17, 15) is 9.59 Å². The van der Waals surface area contributed by atoms with Gasteiger partial charge in [-0.15, -0.1) is 0 Å². The van der Waals surface area contributed by atoms with E-state index in [1.165, 1.54) is 0 Å². The van der Waals surface area contributed by atoms with Gasteiger partial charge < -0.3 is 10.6 Å². The zero-order chi connectivity index (χ0) is 25.7. The molecular weight excluding hydrogens is 484 g/mol. The van der Waals surface area contributed by atoms with Crippen LogP contribution in [0.15, 0.2) is 94.7 Å². The van der Waals surface area contributed by atoms with Crippen molar-refractivity contribution in [1.29, 1.82) is 0 Å². The highest BCUT2D eigenvalue weighted by molar-refractivity contribution is 8.76. The number of carbonyl (C=O) groups excluding carboxylic acids is 2. The molecule has 0 fully saturated rings. The van der Waals surface area contributed by atoms with Crippen LogP contribution >= 0.6 is 21.6 Å². The topological polar surface area (TPSA) is 58.2 Å². The van der Waals surface area contributed by atoms with Gasteiger partial charge in [-0.05, 0) is 75.2 Å². The summed E-state index contributed by atoms with van der Waals surface area (Å²) in [5.41, 5.74) is 6.88. The van der Waals surface area contributed by atoms with Crippen molar-refractivity contribution in [3.05, 3.63) is 118 Å². The fourth-order valence-corrected chi connectivity index (χ4v) is 6.19. The average Bonchev–Trinajstić information content (AvgIpc) is 2.86. The van der Waals surface area contributed by atoms with Crippen molar-refractivity contribution in [3.8, 4) is 0 Å². The van der Waals surface area contributed by atoms with E-state index in [-0.39, 0.29) is 11.8 Å². The molecule has 2 N–H and O–H groups in total. The molecule has 0 aliphatic rings. The molecule has 0 heterocycles. The number of para-hydroxylation sites is 2. The van der Waals surface area contributed by atoms with Crippen molar-refractivity contribution in [2.75, 3.05) is 10.6 Å². The first kappa shape index (κ1) is 25.6. The molecule has 36 heavy (non-hydrogen) atoms. The van der Waals surface area contributed by atoms with Crippen molar-refractivity contribution in [2.24, 2.45) is 0 Å². The highest BCUT2D eigenvalue weighted by Crippen LogP contribution is 2.45. The molecule has 2 amide bonds. The standard InChI is InChI=1S/C30H28N2O2S2/c1-19-9-5-13-23(17-19)29(33)31-27-21(3)11-7-15-25(27)35-36-26-16-8-12-22(4)28(26)32-30(34)24-14-6-10-20(2)18-24/h5-18H,1-4H3,(H,31,33)(H,32,34). The van der Waals surface area contributed by atoms with Crippen LogP contribution in [0.2, 0.25) is 0 Å². The van der Waals surface area contributed by atoms with Crippen LogP contribution in [0.3, 0.4) is 0 Å². The number of rotatable bonds is 7. The maximum Gasteiger partial charge on any atom is 0.255 e. The molecule has 4 nitrogen and oxygen atoms in total. The quantitative estimate of drug-likeness (QED) is 0.245. The van der Waals surface area contributed by atoms with E-state index in [1.54, 1.807) is 21.6 Å². The molecule has 0 atom stereocenters. The number of amides is 2. The Morgan fingerprint density at radius 2 is 0.944 bits per heavy atom. The first-order valence-electron chi connectivity index (χ1n) is 11.6. The molecule has 6 heteroatoms. The van der Waals surface area contributed by atoms with E-state index in [2.05, 4.69) is 10.6 Å². The van der Waals surface area contributed by atoms with E-state index in [4.69, 9.17) is 0 Å². The summed E-state index contributed by atoms with van der Waals surface area (Å²) in [4.78, 5) is 27.8. The van der Waals surface area contributed by atoms with Gasteiger partial charge in [0.05, 0.1) is 11.4 Å². The van der Waals surface area contributed by atoms with Crippen LogP contribution in [0.5, 0.6) is 0 Å². The Labute approximate surface area is 220 Å². The second-order valence-electron chi connectivity index (χ2n) is 8.71.